The number of hydrogen-bond acceptors (Lipinski definition) is 6. The van der Waals surface area contributed by atoms with Crippen LogP contribution in [0.4, 0.5) is 0 Å². The first kappa shape index (κ1) is 15.5. The number of fused-ring (bicyclic) bond motifs is 1. The van der Waals surface area contributed by atoms with E-state index in [9.17, 15) is 0 Å². The molecule has 24 heavy (non-hydrogen) atoms. The summed E-state index contributed by atoms with van der Waals surface area (Å²) in [7, 11) is 0. The number of H-pyrrole nitrogens is 1. The summed E-state index contributed by atoms with van der Waals surface area (Å²) in [6, 6.07) is 6.27. The zero-order valence-electron chi connectivity index (χ0n) is 13.5. The van der Waals surface area contributed by atoms with Crippen LogP contribution < -0.4 is 15.2 Å². The van der Waals surface area contributed by atoms with E-state index in [2.05, 4.69) is 11.9 Å². The van der Waals surface area contributed by atoms with Crippen LogP contribution in [-0.4, -0.2) is 40.1 Å². The monoisotopic (exact) mass is 344 g/mol. The molecule has 0 saturated carbocycles. The number of ether oxygens (including phenoxy) is 2. The predicted octanol–water partition coefficient (Wildman–Crippen LogP) is 2.58. The van der Waals surface area contributed by atoms with Crippen molar-refractivity contribution in [1.82, 2.24) is 9.97 Å². The van der Waals surface area contributed by atoms with E-state index in [4.69, 9.17) is 25.2 Å². The van der Waals surface area contributed by atoms with Gasteiger partial charge in [-0.3, -0.25) is 4.99 Å². The third-order valence-electron chi connectivity index (χ3n) is 4.03. The Kier molecular flexibility index (Phi) is 4.20. The molecule has 2 aliphatic rings. The smallest absolute Gasteiger partial charge is 0.231 e. The quantitative estimate of drug-likeness (QED) is 0.871. The molecular weight excluding hydrogens is 324 g/mol. The largest absolute Gasteiger partial charge is 0.454 e. The highest BCUT2D eigenvalue weighted by Gasteiger charge is 2.24. The van der Waals surface area contributed by atoms with Gasteiger partial charge in [0, 0.05) is 17.7 Å². The molecule has 0 spiro atoms. The van der Waals surface area contributed by atoms with Crippen molar-refractivity contribution in [3.05, 3.63) is 29.7 Å². The number of aromatic nitrogens is 2. The highest BCUT2D eigenvalue weighted by Crippen LogP contribution is 2.37. The molecule has 4 rings (SSSR count). The molecule has 7 heteroatoms. The van der Waals surface area contributed by atoms with Gasteiger partial charge in [0.1, 0.15) is 10.9 Å². The topological polar surface area (TPSA) is 85.5 Å². The van der Waals surface area contributed by atoms with Crippen molar-refractivity contribution in [3.8, 4) is 22.8 Å². The maximum absolute atomic E-state index is 5.63. The van der Waals surface area contributed by atoms with Crippen molar-refractivity contribution in [2.75, 3.05) is 19.1 Å². The van der Waals surface area contributed by atoms with Gasteiger partial charge in [-0.1, -0.05) is 0 Å². The van der Waals surface area contributed by atoms with Gasteiger partial charge in [-0.15, -0.1) is 11.8 Å². The fourth-order valence-electron chi connectivity index (χ4n) is 2.83. The van der Waals surface area contributed by atoms with Gasteiger partial charge in [0.2, 0.25) is 6.79 Å². The Bertz CT molecular complexity index is 787. The molecule has 1 aromatic carbocycles. The number of aliphatic imine (C=N–C) groups is 1. The van der Waals surface area contributed by atoms with Crippen LogP contribution in [-0.2, 0) is 6.42 Å². The molecule has 6 nitrogen and oxygen atoms in total. The number of nitrogens with zero attached hydrogens (tertiary/aromatic N) is 2. The molecule has 2 aliphatic heterocycles. The van der Waals surface area contributed by atoms with Crippen LogP contribution in [0.5, 0.6) is 11.5 Å². The summed E-state index contributed by atoms with van der Waals surface area (Å²) in [4.78, 5) is 13.0. The van der Waals surface area contributed by atoms with Gasteiger partial charge in [0.15, 0.2) is 11.5 Å². The number of aromatic amines is 1. The summed E-state index contributed by atoms with van der Waals surface area (Å²) in [5.41, 5.74) is 8.55. The second-order valence-corrected chi connectivity index (χ2v) is 6.97. The number of nitrogens with one attached hydrogen (secondary N) is 1. The normalized spacial score (nSPS) is 18.9. The Morgan fingerprint density at radius 1 is 1.33 bits per heavy atom. The highest BCUT2D eigenvalue weighted by molar-refractivity contribution is 8.14. The van der Waals surface area contributed by atoms with Crippen molar-refractivity contribution in [2.45, 2.75) is 25.8 Å². The van der Waals surface area contributed by atoms with Crippen molar-refractivity contribution in [2.24, 2.45) is 10.7 Å². The number of nitrogens with two attached hydrogens (primary N) is 1. The molecular formula is C17H20N4O2S. The average Bonchev–Trinajstić information content (AvgIpc) is 3.30. The number of thioether (sulfide) groups is 1. The zero-order chi connectivity index (χ0) is 16.5. The molecule has 2 aromatic rings. The Balaban J connectivity index is 1.75. The molecule has 0 radical (unpaired) electrons. The first-order chi connectivity index (χ1) is 11.7. The van der Waals surface area contributed by atoms with E-state index in [1.165, 1.54) is 0 Å². The van der Waals surface area contributed by atoms with Gasteiger partial charge in [-0.2, -0.15) is 0 Å². The van der Waals surface area contributed by atoms with Gasteiger partial charge in [0.25, 0.3) is 0 Å². The van der Waals surface area contributed by atoms with E-state index in [0.717, 1.165) is 57.9 Å². The summed E-state index contributed by atoms with van der Waals surface area (Å²) in [5.74, 6) is 3.50. The van der Waals surface area contributed by atoms with Crippen LogP contribution >= 0.6 is 11.8 Å². The lowest BCUT2D eigenvalue weighted by atomic mass is 10.1. The SMILES string of the molecule is CC1CSC(c2[nH]c(CCCN)nc2-c2ccc3c(c2)OCO3)=N1. The van der Waals surface area contributed by atoms with Crippen molar-refractivity contribution in [3.63, 3.8) is 0 Å². The zero-order valence-corrected chi connectivity index (χ0v) is 14.4. The third-order valence-corrected chi connectivity index (χ3v) is 5.26. The Hall–Kier alpha value is -1.99. The van der Waals surface area contributed by atoms with Gasteiger partial charge in [0.05, 0.1) is 17.4 Å². The highest BCUT2D eigenvalue weighted by atomic mass is 32.2. The summed E-state index contributed by atoms with van der Waals surface area (Å²) in [6.45, 7) is 3.06. The standard InChI is InChI=1S/C17H20N4O2S/c1-10-8-24-17(19-10)16-15(20-14(21-16)3-2-6-18)11-4-5-12-13(7-11)23-9-22-12/h4-5,7,10H,2-3,6,8-9,18H2,1H3,(H,20,21). The van der Waals surface area contributed by atoms with Crippen LogP contribution in [0.15, 0.2) is 23.2 Å². The van der Waals surface area contributed by atoms with E-state index in [-0.39, 0.29) is 6.79 Å². The molecule has 0 bridgehead atoms. The molecule has 0 saturated heterocycles. The lowest BCUT2D eigenvalue weighted by Gasteiger charge is -2.03. The molecule has 1 atom stereocenters. The minimum atomic E-state index is 0.272. The molecule has 0 amide bonds. The van der Waals surface area contributed by atoms with E-state index >= 15 is 0 Å². The Labute approximate surface area is 144 Å². The van der Waals surface area contributed by atoms with Crippen molar-refractivity contribution in [1.29, 1.82) is 0 Å². The fourth-order valence-corrected chi connectivity index (χ4v) is 3.85. The van der Waals surface area contributed by atoms with Gasteiger partial charge in [-0.05, 0) is 38.1 Å². The molecule has 3 heterocycles. The minimum Gasteiger partial charge on any atom is -0.454 e. The summed E-state index contributed by atoms with van der Waals surface area (Å²) in [5, 5.41) is 1.03. The molecule has 0 aliphatic carbocycles. The minimum absolute atomic E-state index is 0.272. The van der Waals surface area contributed by atoms with Crippen LogP contribution in [0.1, 0.15) is 24.9 Å². The number of benzene rings is 1. The average molecular weight is 344 g/mol. The van der Waals surface area contributed by atoms with Crippen LogP contribution in [0, 0.1) is 0 Å². The number of hydrogen-bond donors (Lipinski definition) is 2. The number of aryl methyl sites for hydroxylation is 1. The second-order valence-electron chi connectivity index (χ2n) is 5.96. The fraction of sp³-hybridized carbons (Fsp3) is 0.412. The maximum Gasteiger partial charge on any atom is 0.231 e. The molecule has 1 aromatic heterocycles. The van der Waals surface area contributed by atoms with Gasteiger partial charge in [-0.25, -0.2) is 4.98 Å². The van der Waals surface area contributed by atoms with E-state index < -0.39 is 0 Å². The van der Waals surface area contributed by atoms with Crippen molar-refractivity contribution < 1.29 is 9.47 Å². The summed E-state index contributed by atoms with van der Waals surface area (Å²) < 4.78 is 10.9. The van der Waals surface area contributed by atoms with Crippen molar-refractivity contribution >= 4 is 16.8 Å². The number of rotatable bonds is 5. The summed E-state index contributed by atoms with van der Waals surface area (Å²) in [6.07, 6.45) is 1.74. The first-order valence-corrected chi connectivity index (χ1v) is 9.13. The van der Waals surface area contributed by atoms with E-state index in [1.54, 1.807) is 11.8 Å². The van der Waals surface area contributed by atoms with Gasteiger partial charge < -0.3 is 20.2 Å². The molecule has 1 unspecified atom stereocenters. The van der Waals surface area contributed by atoms with Crippen LogP contribution in [0.25, 0.3) is 11.3 Å². The van der Waals surface area contributed by atoms with Gasteiger partial charge >= 0.3 is 0 Å². The van der Waals surface area contributed by atoms with E-state index in [0.29, 0.717) is 12.6 Å². The van der Waals surface area contributed by atoms with Crippen LogP contribution in [0.2, 0.25) is 0 Å². The summed E-state index contributed by atoms with van der Waals surface area (Å²) >= 11 is 1.77. The second kappa shape index (κ2) is 6.49. The van der Waals surface area contributed by atoms with Crippen LogP contribution in [0.3, 0.4) is 0 Å². The molecule has 126 valence electrons. The Morgan fingerprint density at radius 3 is 3.00 bits per heavy atom. The lowest BCUT2D eigenvalue weighted by Crippen LogP contribution is -2.01. The lowest BCUT2D eigenvalue weighted by molar-refractivity contribution is 0.174. The maximum atomic E-state index is 5.63. The number of imidazole rings is 1. The first-order valence-electron chi connectivity index (χ1n) is 8.14. The third kappa shape index (κ3) is 2.89. The van der Waals surface area contributed by atoms with E-state index in [1.807, 2.05) is 18.2 Å². The molecule has 3 N–H and O–H groups in total. The predicted molar refractivity (Wildman–Crippen MR) is 96.0 cm³/mol. The Morgan fingerprint density at radius 2 is 2.21 bits per heavy atom. The molecule has 0 fully saturated rings.